The van der Waals surface area contributed by atoms with Crippen molar-refractivity contribution in [1.82, 2.24) is 9.62 Å². The summed E-state index contributed by atoms with van der Waals surface area (Å²) in [7, 11) is -2.16. The van der Waals surface area contributed by atoms with Crippen LogP contribution in [-0.4, -0.2) is 49.9 Å². The summed E-state index contributed by atoms with van der Waals surface area (Å²) in [5.74, 6) is -1.35. The zero-order chi connectivity index (χ0) is 17.0. The Bertz CT molecular complexity index is 725. The maximum Gasteiger partial charge on any atom is 0.326 e. The number of carbonyl (C=O) groups is 2. The summed E-state index contributed by atoms with van der Waals surface area (Å²) >= 11 is 0. The number of hydrogen-bond acceptors (Lipinski definition) is 4. The molecule has 1 fully saturated rings. The lowest BCUT2D eigenvalue weighted by atomic mass is 10.2. The second-order valence-corrected chi connectivity index (χ2v) is 7.02. The zero-order valence-electron chi connectivity index (χ0n) is 12.6. The number of rotatable bonds is 5. The predicted molar refractivity (Wildman–Crippen MR) is 84.1 cm³/mol. The first-order valence-corrected chi connectivity index (χ1v) is 8.58. The van der Waals surface area contributed by atoms with Gasteiger partial charge in [-0.05, 0) is 43.7 Å². The van der Waals surface area contributed by atoms with Crippen LogP contribution in [0.1, 0.15) is 18.4 Å². The van der Waals surface area contributed by atoms with Crippen molar-refractivity contribution in [1.29, 1.82) is 0 Å². The monoisotopic (exact) mass is 338 g/mol. The molecule has 2 N–H and O–H groups in total. The summed E-state index contributed by atoms with van der Waals surface area (Å²) < 4.78 is 25.4. The fourth-order valence-electron chi connectivity index (χ4n) is 2.43. The van der Waals surface area contributed by atoms with E-state index in [0.717, 1.165) is 0 Å². The molecule has 0 radical (unpaired) electrons. The van der Waals surface area contributed by atoms with Crippen molar-refractivity contribution in [3.63, 3.8) is 0 Å². The topological polar surface area (TPSA) is 104 Å². The molecule has 1 aliphatic heterocycles. The normalized spacial score (nSPS) is 18.5. The van der Waals surface area contributed by atoms with Crippen LogP contribution < -0.4 is 4.72 Å². The third-order valence-corrected chi connectivity index (χ3v) is 5.13. The van der Waals surface area contributed by atoms with E-state index in [1.807, 2.05) is 0 Å². The number of hydrogen-bond donors (Lipinski definition) is 2. The van der Waals surface area contributed by atoms with E-state index >= 15 is 0 Å². The lowest BCUT2D eigenvalue weighted by molar-refractivity contribution is -0.146. The molecule has 0 bridgehead atoms. The van der Waals surface area contributed by atoms with Gasteiger partial charge in [0.1, 0.15) is 6.04 Å². The molecule has 7 nitrogen and oxygen atoms in total. The number of aliphatic carboxylic acids is 1. The summed E-state index contributed by atoms with van der Waals surface area (Å²) in [6.07, 6.45) is 3.98. The Balaban J connectivity index is 2.08. The molecule has 0 saturated carbocycles. The molecule has 8 heteroatoms. The minimum atomic E-state index is -3.49. The summed E-state index contributed by atoms with van der Waals surface area (Å²) in [4.78, 5) is 24.6. The van der Waals surface area contributed by atoms with Crippen LogP contribution in [0.5, 0.6) is 0 Å². The van der Waals surface area contributed by atoms with Crippen LogP contribution in [0.2, 0.25) is 0 Å². The molecule has 2 rings (SSSR count). The fraction of sp³-hybridized carbons (Fsp3) is 0.333. The molecule has 0 spiro atoms. The van der Waals surface area contributed by atoms with Crippen LogP contribution >= 0.6 is 0 Å². The van der Waals surface area contributed by atoms with Gasteiger partial charge in [-0.2, -0.15) is 0 Å². The Morgan fingerprint density at radius 3 is 2.52 bits per heavy atom. The van der Waals surface area contributed by atoms with Gasteiger partial charge < -0.3 is 10.0 Å². The van der Waals surface area contributed by atoms with Crippen LogP contribution in [0.25, 0.3) is 6.08 Å². The van der Waals surface area contributed by atoms with Gasteiger partial charge >= 0.3 is 5.97 Å². The number of sulfonamides is 1. The molecule has 1 aromatic rings. The summed E-state index contributed by atoms with van der Waals surface area (Å²) in [6.45, 7) is 0.430. The van der Waals surface area contributed by atoms with Gasteiger partial charge in [-0.25, -0.2) is 17.9 Å². The highest BCUT2D eigenvalue weighted by Crippen LogP contribution is 2.18. The molecule has 0 unspecified atom stereocenters. The van der Waals surface area contributed by atoms with Gasteiger partial charge in [0.25, 0.3) is 0 Å². The number of nitrogens with zero attached hydrogens (tertiary/aromatic N) is 1. The molecular weight excluding hydrogens is 320 g/mol. The number of carbonyl (C=O) groups excluding carboxylic acids is 1. The molecular formula is C15H18N2O5S. The third kappa shape index (κ3) is 3.96. The highest BCUT2D eigenvalue weighted by atomic mass is 32.2. The van der Waals surface area contributed by atoms with Crippen LogP contribution in [-0.2, 0) is 19.6 Å². The van der Waals surface area contributed by atoms with Gasteiger partial charge in [0.05, 0.1) is 4.90 Å². The summed E-state index contributed by atoms with van der Waals surface area (Å²) in [5.41, 5.74) is 0.652. The Morgan fingerprint density at radius 1 is 1.30 bits per heavy atom. The van der Waals surface area contributed by atoms with Crippen molar-refractivity contribution in [3.05, 3.63) is 35.9 Å². The molecule has 1 amide bonds. The molecule has 1 aromatic carbocycles. The Morgan fingerprint density at radius 2 is 1.96 bits per heavy atom. The minimum absolute atomic E-state index is 0.133. The largest absolute Gasteiger partial charge is 0.480 e. The van der Waals surface area contributed by atoms with E-state index < -0.39 is 22.0 Å². The van der Waals surface area contributed by atoms with Crippen LogP contribution in [0.4, 0.5) is 0 Å². The molecule has 1 aliphatic rings. The Kier molecular flexibility index (Phi) is 5.17. The average molecular weight is 338 g/mol. The molecule has 1 heterocycles. The van der Waals surface area contributed by atoms with Crippen molar-refractivity contribution >= 4 is 28.0 Å². The third-order valence-electron chi connectivity index (χ3n) is 3.70. The van der Waals surface area contributed by atoms with E-state index in [1.165, 1.54) is 36.2 Å². The van der Waals surface area contributed by atoms with E-state index in [9.17, 15) is 18.0 Å². The molecule has 0 aliphatic carbocycles. The standard InChI is InChI=1S/C15H18N2O5S/c1-16-23(21,22)12-7-4-11(5-8-12)6-9-14(18)17-10-2-3-13(17)15(19)20/h4-9,13,16H,2-3,10H2,1H3,(H,19,20)/t13-/m1/s1. The van der Waals surface area contributed by atoms with Crippen molar-refractivity contribution < 1.29 is 23.1 Å². The smallest absolute Gasteiger partial charge is 0.326 e. The van der Waals surface area contributed by atoms with Gasteiger partial charge in [0.2, 0.25) is 15.9 Å². The summed E-state index contributed by atoms with van der Waals surface area (Å²) in [5, 5.41) is 9.07. The second kappa shape index (κ2) is 6.93. The quantitative estimate of drug-likeness (QED) is 0.769. The fourth-order valence-corrected chi connectivity index (χ4v) is 3.16. The first-order valence-electron chi connectivity index (χ1n) is 7.10. The Labute approximate surface area is 134 Å². The minimum Gasteiger partial charge on any atom is -0.480 e. The first-order chi connectivity index (χ1) is 10.8. The van der Waals surface area contributed by atoms with Crippen molar-refractivity contribution in [3.8, 4) is 0 Å². The van der Waals surface area contributed by atoms with E-state index in [0.29, 0.717) is 24.9 Å². The molecule has 124 valence electrons. The maximum atomic E-state index is 12.1. The van der Waals surface area contributed by atoms with Crippen LogP contribution in [0.15, 0.2) is 35.2 Å². The molecule has 23 heavy (non-hydrogen) atoms. The highest BCUT2D eigenvalue weighted by Gasteiger charge is 2.32. The highest BCUT2D eigenvalue weighted by molar-refractivity contribution is 7.89. The van der Waals surface area contributed by atoms with E-state index in [1.54, 1.807) is 12.1 Å². The Hall–Kier alpha value is -2.19. The second-order valence-electron chi connectivity index (χ2n) is 5.14. The number of benzene rings is 1. The predicted octanol–water partition coefficient (Wildman–Crippen LogP) is 0.683. The lowest BCUT2D eigenvalue weighted by Crippen LogP contribution is -2.39. The van der Waals surface area contributed by atoms with Gasteiger partial charge in [-0.3, -0.25) is 4.79 Å². The SMILES string of the molecule is CNS(=O)(=O)c1ccc(C=CC(=O)N2CCC[C@@H]2C(=O)O)cc1. The zero-order valence-corrected chi connectivity index (χ0v) is 13.4. The van der Waals surface area contributed by atoms with Crippen molar-refractivity contribution in [2.24, 2.45) is 0 Å². The lowest BCUT2D eigenvalue weighted by Gasteiger charge is -2.19. The first kappa shape index (κ1) is 17.2. The molecule has 1 saturated heterocycles. The number of nitrogens with one attached hydrogen (secondary N) is 1. The van der Waals surface area contributed by atoms with E-state index in [4.69, 9.17) is 5.11 Å². The van der Waals surface area contributed by atoms with Crippen LogP contribution in [0.3, 0.4) is 0 Å². The van der Waals surface area contributed by atoms with E-state index in [-0.39, 0.29) is 10.8 Å². The van der Waals surface area contributed by atoms with Crippen molar-refractivity contribution in [2.45, 2.75) is 23.8 Å². The van der Waals surface area contributed by atoms with E-state index in [2.05, 4.69) is 4.72 Å². The molecule has 1 atom stereocenters. The summed E-state index contributed by atoms with van der Waals surface area (Å²) in [6, 6.07) is 5.26. The van der Waals surface area contributed by atoms with Gasteiger partial charge in [0, 0.05) is 12.6 Å². The number of carboxylic acid groups (broad SMARTS) is 1. The number of carboxylic acids is 1. The maximum absolute atomic E-state index is 12.1. The van der Waals surface area contributed by atoms with Gasteiger partial charge in [-0.15, -0.1) is 0 Å². The molecule has 0 aromatic heterocycles. The average Bonchev–Trinajstić information content (AvgIpc) is 3.03. The van der Waals surface area contributed by atoms with Crippen molar-refractivity contribution in [2.75, 3.05) is 13.6 Å². The van der Waals surface area contributed by atoms with Gasteiger partial charge in [-0.1, -0.05) is 12.1 Å². The number of likely N-dealkylation sites (tertiary alicyclic amines) is 1. The van der Waals surface area contributed by atoms with Gasteiger partial charge in [0.15, 0.2) is 0 Å². The van der Waals surface area contributed by atoms with Crippen LogP contribution in [0, 0.1) is 0 Å². The number of amides is 1.